The first kappa shape index (κ1) is 12.7. The third kappa shape index (κ3) is 2.72. The topological polar surface area (TPSA) is 12.5 Å². The van der Waals surface area contributed by atoms with Crippen LogP contribution in [-0.4, -0.2) is 25.0 Å². The lowest BCUT2D eigenvalue weighted by molar-refractivity contribution is 0.209. The van der Waals surface area contributed by atoms with Crippen molar-refractivity contribution < 1.29 is 4.65 Å². The van der Waals surface area contributed by atoms with Crippen molar-refractivity contribution in [1.82, 2.24) is 4.81 Å². The van der Waals surface area contributed by atoms with Gasteiger partial charge in [0.05, 0.1) is 6.10 Å². The van der Waals surface area contributed by atoms with Gasteiger partial charge in [-0.05, 0) is 25.9 Å². The lowest BCUT2D eigenvalue weighted by atomic mass is 9.75. The minimum absolute atomic E-state index is 0.225. The van der Waals surface area contributed by atoms with Crippen LogP contribution < -0.4 is 0 Å². The molecule has 1 fully saturated rings. The van der Waals surface area contributed by atoms with Crippen molar-refractivity contribution in [3.63, 3.8) is 0 Å². The minimum atomic E-state index is 0.225. The number of rotatable bonds is 4. The molecule has 92 valence electrons. The molecule has 0 spiro atoms. The molecule has 1 aliphatic heterocycles. The summed E-state index contributed by atoms with van der Waals surface area (Å²) in [6.07, 6.45) is 3.84. The van der Waals surface area contributed by atoms with Crippen LogP contribution in [0.3, 0.4) is 0 Å². The summed E-state index contributed by atoms with van der Waals surface area (Å²) in [6.45, 7) is 4.48. The van der Waals surface area contributed by atoms with E-state index < -0.39 is 0 Å². The fourth-order valence-electron chi connectivity index (χ4n) is 2.50. The van der Waals surface area contributed by atoms with E-state index in [0.717, 1.165) is 6.32 Å². The van der Waals surface area contributed by atoms with Crippen molar-refractivity contribution in [3.8, 4) is 0 Å². The van der Waals surface area contributed by atoms with Crippen molar-refractivity contribution in [2.24, 2.45) is 0 Å². The second-order valence-electron chi connectivity index (χ2n) is 4.97. The lowest BCUT2D eigenvalue weighted by Gasteiger charge is -2.20. The van der Waals surface area contributed by atoms with Crippen molar-refractivity contribution in [1.29, 1.82) is 0 Å². The maximum Gasteiger partial charge on any atom is 0.383 e. The number of likely N-dealkylation sites (N-methyl/N-ethyl adjacent to an activating group) is 1. The summed E-state index contributed by atoms with van der Waals surface area (Å²) in [7, 11) is 2.46. The van der Waals surface area contributed by atoms with Gasteiger partial charge in [-0.3, -0.25) is 0 Å². The lowest BCUT2D eigenvalue weighted by Crippen LogP contribution is -2.35. The zero-order valence-electron chi connectivity index (χ0n) is 11.1. The van der Waals surface area contributed by atoms with Crippen LogP contribution in [0.5, 0.6) is 0 Å². The molecule has 0 N–H and O–H groups in total. The summed E-state index contributed by atoms with van der Waals surface area (Å²) in [5, 5.41) is 0. The molecule has 1 aromatic rings. The molecule has 1 aliphatic rings. The van der Waals surface area contributed by atoms with Gasteiger partial charge in [0.2, 0.25) is 0 Å². The second-order valence-corrected chi connectivity index (χ2v) is 4.97. The number of benzene rings is 1. The molecule has 17 heavy (non-hydrogen) atoms. The Morgan fingerprint density at radius 1 is 1.29 bits per heavy atom. The normalized spacial score (nSPS) is 25.5. The Hall–Kier alpha value is -0.795. The van der Waals surface area contributed by atoms with Crippen LogP contribution in [0.4, 0.5) is 0 Å². The van der Waals surface area contributed by atoms with Crippen LogP contribution in [0.2, 0.25) is 6.32 Å². The standard InChI is InChI=1S/C14H22BNO/c1-4-5-11-15-16(3)12(2)14(17-15)13-9-7-6-8-10-13/h6-10,12,14H,4-5,11H2,1-3H3/t12-,14-/m0/s1. The first-order valence-corrected chi connectivity index (χ1v) is 6.66. The summed E-state index contributed by atoms with van der Waals surface area (Å²) in [5.74, 6) is 0. The van der Waals surface area contributed by atoms with E-state index in [1.807, 2.05) is 0 Å². The predicted octanol–water partition coefficient (Wildman–Crippen LogP) is 3.37. The average Bonchev–Trinajstić information content (AvgIpc) is 2.65. The first-order chi connectivity index (χ1) is 8.24. The molecule has 0 radical (unpaired) electrons. The fourth-order valence-corrected chi connectivity index (χ4v) is 2.50. The SMILES string of the molecule is CCCCB1O[C@H](c2ccccc2)[C@H](C)N1C. The third-order valence-corrected chi connectivity index (χ3v) is 3.77. The molecule has 1 saturated heterocycles. The molecule has 0 amide bonds. The van der Waals surface area contributed by atoms with E-state index in [-0.39, 0.29) is 13.2 Å². The highest BCUT2D eigenvalue weighted by molar-refractivity contribution is 6.49. The van der Waals surface area contributed by atoms with Gasteiger partial charge in [-0.1, -0.05) is 50.1 Å². The van der Waals surface area contributed by atoms with Crippen molar-refractivity contribution in [2.45, 2.75) is 45.2 Å². The maximum absolute atomic E-state index is 6.20. The Bertz CT molecular complexity index is 343. The highest BCUT2D eigenvalue weighted by Gasteiger charge is 2.40. The fraction of sp³-hybridized carbons (Fsp3) is 0.571. The van der Waals surface area contributed by atoms with Gasteiger partial charge in [0.15, 0.2) is 0 Å². The van der Waals surface area contributed by atoms with Gasteiger partial charge in [-0.25, -0.2) is 0 Å². The van der Waals surface area contributed by atoms with E-state index >= 15 is 0 Å². The zero-order chi connectivity index (χ0) is 12.3. The summed E-state index contributed by atoms with van der Waals surface area (Å²) in [6, 6.07) is 11.0. The molecule has 1 heterocycles. The first-order valence-electron chi connectivity index (χ1n) is 6.66. The Morgan fingerprint density at radius 2 is 2.00 bits per heavy atom. The van der Waals surface area contributed by atoms with E-state index in [4.69, 9.17) is 4.65 Å². The highest BCUT2D eigenvalue weighted by Crippen LogP contribution is 2.33. The molecular formula is C14H22BNO. The highest BCUT2D eigenvalue weighted by atomic mass is 16.5. The number of unbranched alkanes of at least 4 members (excludes halogenated alkanes) is 1. The summed E-state index contributed by atoms with van der Waals surface area (Å²) in [5.41, 5.74) is 1.30. The van der Waals surface area contributed by atoms with Gasteiger partial charge in [0, 0.05) is 6.04 Å². The Labute approximate surface area is 105 Å². The maximum atomic E-state index is 6.20. The van der Waals surface area contributed by atoms with Crippen LogP contribution in [0.25, 0.3) is 0 Å². The van der Waals surface area contributed by atoms with Crippen LogP contribution in [-0.2, 0) is 4.65 Å². The summed E-state index contributed by atoms with van der Waals surface area (Å²) in [4.78, 5) is 2.37. The molecule has 0 unspecified atom stereocenters. The van der Waals surface area contributed by atoms with Crippen LogP contribution in [0.1, 0.15) is 38.4 Å². The van der Waals surface area contributed by atoms with E-state index in [1.54, 1.807) is 0 Å². The van der Waals surface area contributed by atoms with Crippen molar-refractivity contribution in [3.05, 3.63) is 35.9 Å². The van der Waals surface area contributed by atoms with Crippen molar-refractivity contribution >= 4 is 7.05 Å². The van der Waals surface area contributed by atoms with Gasteiger partial charge in [-0.15, -0.1) is 0 Å². The molecule has 2 atom stereocenters. The zero-order valence-corrected chi connectivity index (χ0v) is 11.1. The smallest absolute Gasteiger partial charge is 0.383 e. The largest absolute Gasteiger partial charge is 0.413 e. The summed E-state index contributed by atoms with van der Waals surface area (Å²) < 4.78 is 6.20. The molecule has 2 rings (SSSR count). The Morgan fingerprint density at radius 3 is 2.65 bits per heavy atom. The van der Waals surface area contributed by atoms with Crippen LogP contribution in [0.15, 0.2) is 30.3 Å². The molecule has 0 aromatic heterocycles. The molecule has 0 aliphatic carbocycles. The van der Waals surface area contributed by atoms with Gasteiger partial charge < -0.3 is 9.47 Å². The van der Waals surface area contributed by atoms with E-state index in [9.17, 15) is 0 Å². The Kier molecular flexibility index (Phi) is 4.24. The molecule has 1 aromatic carbocycles. The third-order valence-electron chi connectivity index (χ3n) is 3.77. The average molecular weight is 231 g/mol. The van der Waals surface area contributed by atoms with Crippen LogP contribution in [0, 0.1) is 0 Å². The Balaban J connectivity index is 2.06. The second kappa shape index (κ2) is 5.70. The number of hydrogen-bond donors (Lipinski definition) is 0. The van der Waals surface area contributed by atoms with Gasteiger partial charge in [0.25, 0.3) is 0 Å². The van der Waals surface area contributed by atoms with E-state index in [1.165, 1.54) is 18.4 Å². The predicted molar refractivity (Wildman–Crippen MR) is 73.0 cm³/mol. The van der Waals surface area contributed by atoms with Gasteiger partial charge in [0.1, 0.15) is 0 Å². The molecule has 3 heteroatoms. The van der Waals surface area contributed by atoms with Crippen molar-refractivity contribution in [2.75, 3.05) is 7.05 Å². The monoisotopic (exact) mass is 231 g/mol. The molecule has 0 bridgehead atoms. The van der Waals surface area contributed by atoms with E-state index in [0.29, 0.717) is 6.04 Å². The molecular weight excluding hydrogens is 209 g/mol. The van der Waals surface area contributed by atoms with Crippen LogP contribution >= 0.6 is 0 Å². The van der Waals surface area contributed by atoms with E-state index in [2.05, 4.69) is 56.0 Å². The number of hydrogen-bond acceptors (Lipinski definition) is 2. The quantitative estimate of drug-likeness (QED) is 0.736. The molecule has 2 nitrogen and oxygen atoms in total. The van der Waals surface area contributed by atoms with Gasteiger partial charge >= 0.3 is 7.05 Å². The van der Waals surface area contributed by atoms with Gasteiger partial charge in [-0.2, -0.15) is 0 Å². The minimum Gasteiger partial charge on any atom is -0.413 e. The number of nitrogens with zero attached hydrogens (tertiary/aromatic N) is 1. The molecule has 0 saturated carbocycles. The summed E-state index contributed by atoms with van der Waals surface area (Å²) >= 11 is 0.